The number of hydrogen-bond donors (Lipinski definition) is 0. The van der Waals surface area contributed by atoms with Crippen LogP contribution in [0.5, 0.6) is 0 Å². The van der Waals surface area contributed by atoms with Crippen molar-refractivity contribution in [2.75, 3.05) is 38.1 Å². The Morgan fingerprint density at radius 2 is 1.77 bits per heavy atom. The van der Waals surface area contributed by atoms with Gasteiger partial charge >= 0.3 is 6.18 Å². The van der Waals surface area contributed by atoms with Gasteiger partial charge in [-0.05, 0) is 32.1 Å². The maximum absolute atomic E-state index is 13.1. The SMILES string of the molecule is CN1CCCN(c2nc(C(F)(F)F)nc3ccccc23)CC1. The number of fused-ring (bicyclic) bond motifs is 1. The lowest BCUT2D eigenvalue weighted by Crippen LogP contribution is -2.30. The van der Waals surface area contributed by atoms with Crippen LogP contribution >= 0.6 is 0 Å². The predicted molar refractivity (Wildman–Crippen MR) is 78.9 cm³/mol. The number of aromatic nitrogens is 2. The zero-order chi connectivity index (χ0) is 15.7. The van der Waals surface area contributed by atoms with Crippen molar-refractivity contribution < 1.29 is 13.2 Å². The molecule has 1 fully saturated rings. The molecule has 3 rings (SSSR count). The van der Waals surface area contributed by atoms with Crippen LogP contribution in [-0.4, -0.2) is 48.1 Å². The van der Waals surface area contributed by atoms with Crippen LogP contribution in [-0.2, 0) is 6.18 Å². The summed E-state index contributed by atoms with van der Waals surface area (Å²) < 4.78 is 39.2. The molecule has 1 saturated heterocycles. The molecule has 2 heterocycles. The summed E-state index contributed by atoms with van der Waals surface area (Å²) in [5, 5.41) is 0.667. The molecule has 22 heavy (non-hydrogen) atoms. The van der Waals surface area contributed by atoms with Gasteiger partial charge in [-0.2, -0.15) is 13.2 Å². The average molecular weight is 310 g/mol. The number of halogens is 3. The van der Waals surface area contributed by atoms with Gasteiger partial charge in [-0.1, -0.05) is 12.1 Å². The van der Waals surface area contributed by atoms with Crippen LogP contribution in [0.2, 0.25) is 0 Å². The van der Waals surface area contributed by atoms with Crippen LogP contribution < -0.4 is 4.90 Å². The van der Waals surface area contributed by atoms with Gasteiger partial charge < -0.3 is 9.80 Å². The van der Waals surface area contributed by atoms with Crippen LogP contribution in [0.15, 0.2) is 24.3 Å². The fourth-order valence-electron chi connectivity index (χ4n) is 2.69. The van der Waals surface area contributed by atoms with E-state index < -0.39 is 12.0 Å². The molecule has 4 nitrogen and oxygen atoms in total. The van der Waals surface area contributed by atoms with E-state index in [1.165, 1.54) is 0 Å². The number of benzene rings is 1. The number of nitrogens with zero attached hydrogens (tertiary/aromatic N) is 4. The summed E-state index contributed by atoms with van der Waals surface area (Å²) in [6, 6.07) is 6.86. The van der Waals surface area contributed by atoms with E-state index in [1.54, 1.807) is 24.3 Å². The smallest absolute Gasteiger partial charge is 0.355 e. The van der Waals surface area contributed by atoms with Crippen molar-refractivity contribution in [3.8, 4) is 0 Å². The lowest BCUT2D eigenvalue weighted by Gasteiger charge is -2.23. The molecular formula is C15H17F3N4. The number of likely N-dealkylation sites (N-methyl/N-ethyl adjacent to an activating group) is 1. The zero-order valence-corrected chi connectivity index (χ0v) is 12.3. The molecule has 0 radical (unpaired) electrons. The van der Waals surface area contributed by atoms with Gasteiger partial charge in [-0.25, -0.2) is 9.97 Å². The summed E-state index contributed by atoms with van der Waals surface area (Å²) in [7, 11) is 2.02. The fraction of sp³-hybridized carbons (Fsp3) is 0.467. The van der Waals surface area contributed by atoms with E-state index in [4.69, 9.17) is 0 Å². The first kappa shape index (κ1) is 15.0. The Morgan fingerprint density at radius 3 is 2.55 bits per heavy atom. The molecule has 0 aliphatic carbocycles. The van der Waals surface area contributed by atoms with Crippen LogP contribution in [0, 0.1) is 0 Å². The molecule has 7 heteroatoms. The van der Waals surface area contributed by atoms with Crippen molar-refractivity contribution >= 4 is 16.7 Å². The summed E-state index contributed by atoms with van der Waals surface area (Å²) in [5.41, 5.74) is 0.331. The molecule has 0 unspecified atom stereocenters. The molecule has 0 saturated carbocycles. The first-order valence-corrected chi connectivity index (χ1v) is 7.22. The van der Waals surface area contributed by atoms with Gasteiger partial charge in [0.05, 0.1) is 5.52 Å². The molecular weight excluding hydrogens is 293 g/mol. The van der Waals surface area contributed by atoms with Gasteiger partial charge in [-0.3, -0.25) is 0 Å². The van der Waals surface area contributed by atoms with Crippen molar-refractivity contribution in [3.63, 3.8) is 0 Å². The maximum atomic E-state index is 13.1. The highest BCUT2D eigenvalue weighted by Crippen LogP contribution is 2.31. The third-order valence-electron chi connectivity index (χ3n) is 3.86. The Morgan fingerprint density at radius 1 is 1.00 bits per heavy atom. The Hall–Kier alpha value is -1.89. The topological polar surface area (TPSA) is 32.3 Å². The largest absolute Gasteiger partial charge is 0.451 e. The van der Waals surface area contributed by atoms with E-state index in [9.17, 15) is 13.2 Å². The van der Waals surface area contributed by atoms with Crippen molar-refractivity contribution in [2.45, 2.75) is 12.6 Å². The summed E-state index contributed by atoms with van der Waals surface area (Å²) >= 11 is 0. The van der Waals surface area contributed by atoms with Crippen LogP contribution in [0.1, 0.15) is 12.2 Å². The first-order chi connectivity index (χ1) is 10.4. The highest BCUT2D eigenvalue weighted by Gasteiger charge is 2.36. The molecule has 0 amide bonds. The highest BCUT2D eigenvalue weighted by atomic mass is 19.4. The second kappa shape index (κ2) is 5.72. The van der Waals surface area contributed by atoms with E-state index >= 15 is 0 Å². The van der Waals surface area contributed by atoms with Gasteiger partial charge in [-0.15, -0.1) is 0 Å². The lowest BCUT2D eigenvalue weighted by molar-refractivity contribution is -0.144. The molecule has 1 aliphatic heterocycles. The Balaban J connectivity index is 2.10. The van der Waals surface area contributed by atoms with Gasteiger partial charge in [0.25, 0.3) is 0 Å². The Bertz CT molecular complexity index is 671. The molecule has 0 bridgehead atoms. The monoisotopic (exact) mass is 310 g/mol. The third kappa shape index (κ3) is 2.99. The number of alkyl halides is 3. The zero-order valence-electron chi connectivity index (χ0n) is 12.3. The van der Waals surface area contributed by atoms with E-state index in [0.29, 0.717) is 29.8 Å². The second-order valence-corrected chi connectivity index (χ2v) is 5.53. The van der Waals surface area contributed by atoms with Crippen LogP contribution in [0.4, 0.5) is 19.0 Å². The van der Waals surface area contributed by atoms with Crippen LogP contribution in [0.25, 0.3) is 10.9 Å². The first-order valence-electron chi connectivity index (χ1n) is 7.22. The maximum Gasteiger partial charge on any atom is 0.451 e. The van der Waals surface area contributed by atoms with Crippen molar-refractivity contribution in [1.29, 1.82) is 0 Å². The molecule has 0 spiro atoms. The quantitative estimate of drug-likeness (QED) is 0.811. The standard InChI is InChI=1S/C15H17F3N4/c1-21-7-4-8-22(10-9-21)13-11-5-2-3-6-12(11)19-14(20-13)15(16,17)18/h2-3,5-6H,4,7-10H2,1H3. The Kier molecular flexibility index (Phi) is 3.90. The Labute approximate surface area is 126 Å². The van der Waals surface area contributed by atoms with E-state index in [1.807, 2.05) is 11.9 Å². The number of hydrogen-bond acceptors (Lipinski definition) is 4. The summed E-state index contributed by atoms with van der Waals surface area (Å²) in [4.78, 5) is 11.6. The lowest BCUT2D eigenvalue weighted by atomic mass is 10.2. The minimum atomic E-state index is -4.54. The van der Waals surface area contributed by atoms with E-state index in [0.717, 1.165) is 19.5 Å². The van der Waals surface area contributed by atoms with Gasteiger partial charge in [0.15, 0.2) is 0 Å². The molecule has 118 valence electrons. The third-order valence-corrected chi connectivity index (χ3v) is 3.86. The molecule has 0 N–H and O–H groups in total. The summed E-state index contributed by atoms with van der Waals surface area (Å²) in [5.74, 6) is -0.688. The average Bonchev–Trinajstić information content (AvgIpc) is 2.70. The van der Waals surface area contributed by atoms with Crippen molar-refractivity contribution in [3.05, 3.63) is 30.1 Å². The number of anilines is 1. The van der Waals surface area contributed by atoms with E-state index in [-0.39, 0.29) is 0 Å². The summed E-state index contributed by atoms with van der Waals surface area (Å²) in [6.45, 7) is 3.10. The van der Waals surface area contributed by atoms with Gasteiger partial charge in [0, 0.05) is 25.0 Å². The number of para-hydroxylation sites is 1. The highest BCUT2D eigenvalue weighted by molar-refractivity contribution is 5.89. The minimum absolute atomic E-state index is 0.331. The molecule has 1 aromatic carbocycles. The number of rotatable bonds is 1. The molecule has 1 aliphatic rings. The minimum Gasteiger partial charge on any atom is -0.355 e. The van der Waals surface area contributed by atoms with Gasteiger partial charge in [0.1, 0.15) is 5.82 Å². The molecule has 0 atom stereocenters. The molecule has 2 aromatic rings. The van der Waals surface area contributed by atoms with Gasteiger partial charge in [0.2, 0.25) is 5.82 Å². The fourth-order valence-corrected chi connectivity index (χ4v) is 2.69. The van der Waals surface area contributed by atoms with Crippen LogP contribution in [0.3, 0.4) is 0 Å². The second-order valence-electron chi connectivity index (χ2n) is 5.53. The van der Waals surface area contributed by atoms with Crippen molar-refractivity contribution in [1.82, 2.24) is 14.9 Å². The van der Waals surface area contributed by atoms with E-state index in [2.05, 4.69) is 14.9 Å². The predicted octanol–water partition coefficient (Wildman–Crippen LogP) is 2.79. The summed E-state index contributed by atoms with van der Waals surface area (Å²) in [6.07, 6.45) is -3.64. The van der Waals surface area contributed by atoms with Crippen molar-refractivity contribution in [2.24, 2.45) is 0 Å². The normalized spacial score (nSPS) is 17.7. The molecule has 1 aromatic heterocycles.